The molecule has 0 spiro atoms. The number of anilines is 1. The summed E-state index contributed by atoms with van der Waals surface area (Å²) in [5, 5.41) is 6.30. The van der Waals surface area contributed by atoms with Crippen LogP contribution in [-0.4, -0.2) is 40.4 Å². The molecule has 0 aliphatic carbocycles. The van der Waals surface area contributed by atoms with Crippen LogP contribution in [0.5, 0.6) is 0 Å². The number of amides is 1. The molecule has 5 nitrogen and oxygen atoms in total. The Bertz CT molecular complexity index is 1380. The molecule has 1 fully saturated rings. The molecule has 37 heavy (non-hydrogen) atoms. The highest BCUT2D eigenvalue weighted by Gasteiger charge is 2.24. The van der Waals surface area contributed by atoms with Crippen LogP contribution >= 0.6 is 22.9 Å². The maximum Gasteiger partial charge on any atom is 0.275 e. The van der Waals surface area contributed by atoms with Crippen LogP contribution in [0.3, 0.4) is 0 Å². The predicted molar refractivity (Wildman–Crippen MR) is 149 cm³/mol. The zero-order valence-corrected chi connectivity index (χ0v) is 21.7. The third-order valence-electron chi connectivity index (χ3n) is 6.46. The fraction of sp³-hybridized carbons (Fsp3) is 0.207. The van der Waals surface area contributed by atoms with Crippen LogP contribution in [0.4, 0.5) is 10.1 Å². The number of piperidine rings is 1. The predicted octanol–water partition coefficient (Wildman–Crippen LogP) is 7.14. The summed E-state index contributed by atoms with van der Waals surface area (Å²) in [6.45, 7) is 2.90. The van der Waals surface area contributed by atoms with Crippen LogP contribution in [0, 0.1) is 5.82 Å². The number of hydrogen-bond donors (Lipinski definition) is 1. The van der Waals surface area contributed by atoms with Gasteiger partial charge in [0.05, 0.1) is 5.01 Å². The molecule has 0 unspecified atom stereocenters. The Hall–Kier alpha value is -3.39. The molecule has 1 aliphatic heterocycles. The molecule has 1 amide bonds. The summed E-state index contributed by atoms with van der Waals surface area (Å²) < 4.78 is 14.0. The molecule has 0 bridgehead atoms. The van der Waals surface area contributed by atoms with Crippen molar-refractivity contribution in [2.75, 3.05) is 25.0 Å². The molecule has 2 aromatic heterocycles. The fourth-order valence-electron chi connectivity index (χ4n) is 4.43. The van der Waals surface area contributed by atoms with E-state index in [4.69, 9.17) is 11.6 Å². The zero-order valence-electron chi connectivity index (χ0n) is 20.1. The van der Waals surface area contributed by atoms with Crippen LogP contribution in [-0.2, 0) is 0 Å². The topological polar surface area (TPSA) is 58.1 Å². The number of hydrogen-bond acceptors (Lipinski definition) is 5. The van der Waals surface area contributed by atoms with Gasteiger partial charge in [-0.3, -0.25) is 14.7 Å². The summed E-state index contributed by atoms with van der Waals surface area (Å²) in [4.78, 5) is 24.2. The number of nitrogens with zero attached hydrogens (tertiary/aromatic N) is 3. The number of thiazole rings is 1. The first-order valence-electron chi connectivity index (χ1n) is 12.2. The molecule has 3 heterocycles. The van der Waals surface area contributed by atoms with Crippen molar-refractivity contribution >= 4 is 40.6 Å². The van der Waals surface area contributed by atoms with Gasteiger partial charge in [-0.15, -0.1) is 11.3 Å². The van der Waals surface area contributed by atoms with Crippen LogP contribution in [0.1, 0.15) is 39.8 Å². The molecule has 0 atom stereocenters. The van der Waals surface area contributed by atoms with E-state index < -0.39 is 0 Å². The van der Waals surface area contributed by atoms with Crippen molar-refractivity contribution < 1.29 is 9.18 Å². The number of nitrogens with one attached hydrogen (secondary N) is 1. The molecule has 0 saturated carbocycles. The van der Waals surface area contributed by atoms with E-state index >= 15 is 0 Å². The second kappa shape index (κ2) is 11.8. The molecule has 0 radical (unpaired) electrons. The second-order valence-corrected chi connectivity index (χ2v) is 10.3. The lowest BCUT2D eigenvalue weighted by Crippen LogP contribution is -2.33. The van der Waals surface area contributed by atoms with Gasteiger partial charge in [0.25, 0.3) is 5.91 Å². The normalized spacial score (nSPS) is 14.8. The quantitative estimate of drug-likeness (QED) is 0.275. The maximum absolute atomic E-state index is 14.0. The molecular formula is C29H26ClFN4OS. The number of carbonyl (C=O) groups is 1. The molecule has 5 rings (SSSR count). The van der Waals surface area contributed by atoms with Gasteiger partial charge in [0, 0.05) is 46.5 Å². The Morgan fingerprint density at radius 1 is 1.11 bits per heavy atom. The van der Waals surface area contributed by atoms with E-state index in [-0.39, 0.29) is 11.7 Å². The molecular weight excluding hydrogens is 507 g/mol. The summed E-state index contributed by atoms with van der Waals surface area (Å²) in [5.41, 5.74) is 3.41. The van der Waals surface area contributed by atoms with Gasteiger partial charge < -0.3 is 5.32 Å². The van der Waals surface area contributed by atoms with Gasteiger partial charge in [0.15, 0.2) is 0 Å². The second-order valence-electron chi connectivity index (χ2n) is 8.98. The Labute approximate surface area is 224 Å². The van der Waals surface area contributed by atoms with Crippen molar-refractivity contribution in [2.24, 2.45) is 0 Å². The monoisotopic (exact) mass is 532 g/mol. The highest BCUT2D eigenvalue weighted by atomic mass is 35.5. The summed E-state index contributed by atoms with van der Waals surface area (Å²) >= 11 is 7.53. The van der Waals surface area contributed by atoms with E-state index in [1.165, 1.54) is 23.5 Å². The molecule has 2 aromatic carbocycles. The number of rotatable bonds is 7. The average molecular weight is 533 g/mol. The Kier molecular flexibility index (Phi) is 8.04. The largest absolute Gasteiger partial charge is 0.320 e. The molecule has 1 aliphatic rings. The first kappa shape index (κ1) is 25.3. The highest BCUT2D eigenvalue weighted by molar-refractivity contribution is 7.10. The Morgan fingerprint density at radius 2 is 1.86 bits per heavy atom. The number of halogens is 2. The zero-order chi connectivity index (χ0) is 25.6. The van der Waals surface area contributed by atoms with Crippen LogP contribution in [0.25, 0.3) is 17.2 Å². The van der Waals surface area contributed by atoms with Crippen molar-refractivity contribution in [3.63, 3.8) is 0 Å². The standard InChI is InChI=1S/C29H26ClFN4OS/c30-23-5-3-21(4-6-23)25-18-24(31)7-8-26(25)33-28(36)27-19-37-29(34-27)22-11-16-35(17-12-22)15-1-2-20-9-13-32-14-10-20/h1-10,13-14,18-19,22H,11-12,15-17H2,(H,33,36). The van der Waals surface area contributed by atoms with Crippen molar-refractivity contribution in [2.45, 2.75) is 18.8 Å². The van der Waals surface area contributed by atoms with Gasteiger partial charge in [-0.05, 0) is 79.5 Å². The summed E-state index contributed by atoms with van der Waals surface area (Å²) in [6.07, 6.45) is 9.93. The van der Waals surface area contributed by atoms with Gasteiger partial charge in [0.1, 0.15) is 11.5 Å². The SMILES string of the molecule is O=C(Nc1ccc(F)cc1-c1ccc(Cl)cc1)c1csc(C2CCN(CC=Cc3ccncc3)CC2)n1. The highest BCUT2D eigenvalue weighted by Crippen LogP contribution is 2.32. The van der Waals surface area contributed by atoms with Crippen LogP contribution in [0.2, 0.25) is 5.02 Å². The van der Waals surface area contributed by atoms with Gasteiger partial charge in [-0.1, -0.05) is 35.9 Å². The van der Waals surface area contributed by atoms with E-state index in [0.717, 1.165) is 48.6 Å². The van der Waals surface area contributed by atoms with Gasteiger partial charge >= 0.3 is 0 Å². The van der Waals surface area contributed by atoms with Gasteiger partial charge in [-0.2, -0.15) is 0 Å². The third-order valence-corrected chi connectivity index (χ3v) is 7.72. The van der Waals surface area contributed by atoms with E-state index in [9.17, 15) is 9.18 Å². The summed E-state index contributed by atoms with van der Waals surface area (Å²) in [6, 6.07) is 15.4. The lowest BCUT2D eigenvalue weighted by atomic mass is 9.97. The first-order valence-corrected chi connectivity index (χ1v) is 13.4. The Balaban J connectivity index is 1.19. The van der Waals surface area contributed by atoms with Crippen molar-refractivity contribution in [3.05, 3.63) is 106 Å². The lowest BCUT2D eigenvalue weighted by molar-refractivity contribution is 0.102. The number of aromatic nitrogens is 2. The lowest BCUT2D eigenvalue weighted by Gasteiger charge is -2.30. The average Bonchev–Trinajstić information content (AvgIpc) is 3.42. The molecule has 8 heteroatoms. The maximum atomic E-state index is 14.0. The fourth-order valence-corrected chi connectivity index (χ4v) is 5.53. The third kappa shape index (κ3) is 6.49. The minimum Gasteiger partial charge on any atom is -0.320 e. The van der Waals surface area contributed by atoms with Gasteiger partial charge in [0.2, 0.25) is 0 Å². The summed E-state index contributed by atoms with van der Waals surface area (Å²) in [7, 11) is 0. The first-order chi connectivity index (χ1) is 18.0. The number of benzene rings is 2. The van der Waals surface area contributed by atoms with Crippen molar-refractivity contribution in [1.29, 1.82) is 0 Å². The number of carbonyl (C=O) groups excluding carboxylic acids is 1. The van der Waals surface area contributed by atoms with Gasteiger partial charge in [-0.25, -0.2) is 9.37 Å². The number of pyridine rings is 1. The Morgan fingerprint density at radius 3 is 2.62 bits per heavy atom. The van der Waals surface area contributed by atoms with Crippen LogP contribution < -0.4 is 5.32 Å². The van der Waals surface area contributed by atoms with Crippen molar-refractivity contribution in [1.82, 2.24) is 14.9 Å². The van der Waals surface area contributed by atoms with E-state index in [1.807, 2.05) is 12.1 Å². The number of likely N-dealkylation sites (tertiary alicyclic amines) is 1. The van der Waals surface area contributed by atoms with Crippen LogP contribution in [0.15, 0.2) is 78.4 Å². The molecule has 1 saturated heterocycles. The molecule has 188 valence electrons. The molecule has 4 aromatic rings. The van der Waals surface area contributed by atoms with E-state index in [0.29, 0.717) is 27.9 Å². The minimum atomic E-state index is -0.377. The smallest absolute Gasteiger partial charge is 0.275 e. The summed E-state index contributed by atoms with van der Waals surface area (Å²) in [5.74, 6) is -0.330. The minimum absolute atomic E-state index is 0.303. The van der Waals surface area contributed by atoms with E-state index in [2.05, 4.69) is 32.3 Å². The van der Waals surface area contributed by atoms with E-state index in [1.54, 1.807) is 48.1 Å². The molecule has 1 N–H and O–H groups in total. The van der Waals surface area contributed by atoms with Crippen molar-refractivity contribution in [3.8, 4) is 11.1 Å².